The molecule has 21 heavy (non-hydrogen) atoms. The number of fused-ring (bicyclic) bond motifs is 3. The molecule has 3 heterocycles. The quantitative estimate of drug-likeness (QED) is 0.692. The van der Waals surface area contributed by atoms with Gasteiger partial charge in [0.2, 0.25) is 0 Å². The molecule has 0 saturated heterocycles. The summed E-state index contributed by atoms with van der Waals surface area (Å²) < 4.78 is 14.9. The number of anilines is 2. The average Bonchev–Trinajstić information content (AvgIpc) is 3.06. The van der Waals surface area contributed by atoms with Crippen LogP contribution in [0.2, 0.25) is 0 Å². The summed E-state index contributed by atoms with van der Waals surface area (Å²) >= 11 is 0. The standard InChI is InChI=1S/C16H16N2O2S/c1-21(2)16-10(14-12(17)6-8-19-14)4-3-5-11(16)15-13(18-21)7-9-20-15/h3-9,18H,17H2,1-2H3. The first kappa shape index (κ1) is 12.5. The van der Waals surface area contributed by atoms with Gasteiger partial charge in [0.05, 0.1) is 23.9 Å². The zero-order valence-corrected chi connectivity index (χ0v) is 12.7. The highest BCUT2D eigenvalue weighted by atomic mass is 32.3. The van der Waals surface area contributed by atoms with Crippen molar-refractivity contribution in [3.63, 3.8) is 0 Å². The molecule has 0 atom stereocenters. The Balaban J connectivity index is 2.06. The SMILES string of the molecule is CS1(C)Nc2ccoc2-c2cccc(-c3occc3N)c21. The first-order chi connectivity index (χ1) is 10.1. The minimum Gasteiger partial charge on any atom is -0.462 e. The molecular weight excluding hydrogens is 284 g/mol. The van der Waals surface area contributed by atoms with Gasteiger partial charge in [-0.2, -0.15) is 0 Å². The van der Waals surface area contributed by atoms with E-state index in [0.717, 1.165) is 28.3 Å². The normalized spacial score (nSPS) is 16.7. The lowest BCUT2D eigenvalue weighted by atomic mass is 10.1. The molecule has 0 amide bonds. The van der Waals surface area contributed by atoms with Crippen molar-refractivity contribution in [3.05, 3.63) is 42.9 Å². The average molecular weight is 300 g/mol. The minimum absolute atomic E-state index is 0.656. The Hall–Kier alpha value is -2.27. The van der Waals surface area contributed by atoms with Crippen molar-refractivity contribution >= 4 is 21.6 Å². The zero-order valence-electron chi connectivity index (χ0n) is 11.8. The second-order valence-electron chi connectivity index (χ2n) is 5.48. The number of benzene rings is 1. The Morgan fingerprint density at radius 1 is 0.952 bits per heavy atom. The predicted molar refractivity (Wildman–Crippen MR) is 87.6 cm³/mol. The van der Waals surface area contributed by atoms with Crippen LogP contribution < -0.4 is 10.5 Å². The Morgan fingerprint density at radius 3 is 2.33 bits per heavy atom. The molecule has 3 N–H and O–H groups in total. The Labute approximate surface area is 124 Å². The molecule has 1 aliphatic rings. The van der Waals surface area contributed by atoms with Crippen LogP contribution in [-0.4, -0.2) is 12.5 Å². The lowest BCUT2D eigenvalue weighted by molar-refractivity contribution is 0.578. The van der Waals surface area contributed by atoms with E-state index in [9.17, 15) is 0 Å². The lowest BCUT2D eigenvalue weighted by Crippen LogP contribution is -2.14. The fraction of sp³-hybridized carbons (Fsp3) is 0.125. The van der Waals surface area contributed by atoms with Crippen LogP contribution in [0.1, 0.15) is 0 Å². The molecule has 0 fully saturated rings. The van der Waals surface area contributed by atoms with E-state index in [1.807, 2.05) is 12.1 Å². The molecule has 5 heteroatoms. The van der Waals surface area contributed by atoms with Crippen molar-refractivity contribution in [2.75, 3.05) is 23.0 Å². The third-order valence-corrected chi connectivity index (χ3v) is 5.93. The topological polar surface area (TPSA) is 64.3 Å². The third-order valence-electron chi connectivity index (χ3n) is 3.74. The molecule has 108 valence electrons. The first-order valence-corrected chi connectivity index (χ1v) is 9.08. The molecular formula is C16H16N2O2S. The number of nitrogens with one attached hydrogen (secondary N) is 1. The van der Waals surface area contributed by atoms with Crippen LogP contribution in [0.4, 0.5) is 11.4 Å². The highest BCUT2D eigenvalue weighted by Crippen LogP contribution is 2.61. The number of hydrogen-bond donors (Lipinski definition) is 2. The summed E-state index contributed by atoms with van der Waals surface area (Å²) in [6.07, 6.45) is 7.80. The van der Waals surface area contributed by atoms with Gasteiger partial charge in [-0.25, -0.2) is 0 Å². The summed E-state index contributed by atoms with van der Waals surface area (Å²) in [4.78, 5) is 1.22. The monoisotopic (exact) mass is 300 g/mol. The second kappa shape index (κ2) is 4.11. The van der Waals surface area contributed by atoms with Crippen LogP contribution in [0.3, 0.4) is 0 Å². The first-order valence-electron chi connectivity index (χ1n) is 6.63. The van der Waals surface area contributed by atoms with Crippen LogP contribution in [0.5, 0.6) is 0 Å². The van der Waals surface area contributed by atoms with Crippen molar-refractivity contribution in [1.82, 2.24) is 0 Å². The van der Waals surface area contributed by atoms with Crippen molar-refractivity contribution in [2.24, 2.45) is 0 Å². The van der Waals surface area contributed by atoms with Gasteiger partial charge in [0, 0.05) is 28.2 Å². The van der Waals surface area contributed by atoms with E-state index >= 15 is 0 Å². The molecule has 0 spiro atoms. The molecule has 1 aliphatic heterocycles. The molecule has 0 saturated carbocycles. The van der Waals surface area contributed by atoms with E-state index in [1.165, 1.54) is 4.90 Å². The third kappa shape index (κ3) is 1.70. The lowest BCUT2D eigenvalue weighted by Gasteiger charge is -2.39. The Kier molecular flexibility index (Phi) is 2.44. The van der Waals surface area contributed by atoms with Crippen molar-refractivity contribution in [3.8, 4) is 22.6 Å². The number of nitrogen functional groups attached to an aromatic ring is 1. The highest BCUT2D eigenvalue weighted by molar-refractivity contribution is 8.34. The van der Waals surface area contributed by atoms with Crippen molar-refractivity contribution < 1.29 is 8.83 Å². The van der Waals surface area contributed by atoms with Crippen molar-refractivity contribution in [2.45, 2.75) is 4.90 Å². The van der Waals surface area contributed by atoms with Gasteiger partial charge in [-0.1, -0.05) is 6.07 Å². The summed E-state index contributed by atoms with van der Waals surface area (Å²) in [5.74, 6) is 1.60. The van der Waals surface area contributed by atoms with Gasteiger partial charge < -0.3 is 19.3 Å². The van der Waals surface area contributed by atoms with Gasteiger partial charge in [0.1, 0.15) is 0 Å². The van der Waals surface area contributed by atoms with E-state index in [1.54, 1.807) is 18.6 Å². The largest absolute Gasteiger partial charge is 0.462 e. The van der Waals surface area contributed by atoms with Crippen LogP contribution in [0, 0.1) is 0 Å². The van der Waals surface area contributed by atoms with Gasteiger partial charge in [-0.15, -0.1) is 10.2 Å². The molecule has 2 aromatic heterocycles. The maximum atomic E-state index is 6.04. The highest BCUT2D eigenvalue weighted by Gasteiger charge is 2.32. The fourth-order valence-electron chi connectivity index (χ4n) is 2.91. The summed E-state index contributed by atoms with van der Waals surface area (Å²) in [6.45, 7) is 0. The molecule has 4 nitrogen and oxygen atoms in total. The van der Waals surface area contributed by atoms with Crippen LogP contribution in [0.25, 0.3) is 22.6 Å². The molecule has 1 aromatic carbocycles. The van der Waals surface area contributed by atoms with Gasteiger partial charge in [-0.05, 0) is 24.6 Å². The van der Waals surface area contributed by atoms with E-state index in [-0.39, 0.29) is 0 Å². The number of nitrogens with two attached hydrogens (primary N) is 1. The van der Waals surface area contributed by atoms with Crippen LogP contribution >= 0.6 is 10.2 Å². The summed E-state index contributed by atoms with van der Waals surface area (Å²) in [7, 11) is -1.22. The molecule has 0 bridgehead atoms. The zero-order chi connectivity index (χ0) is 14.6. The van der Waals surface area contributed by atoms with Gasteiger partial charge in [-0.3, -0.25) is 0 Å². The second-order valence-corrected chi connectivity index (χ2v) is 8.75. The maximum absolute atomic E-state index is 6.04. The summed E-state index contributed by atoms with van der Waals surface area (Å²) in [5, 5.41) is 0. The fourth-order valence-corrected chi connectivity index (χ4v) is 5.14. The molecule has 0 unspecified atom stereocenters. The molecule has 4 rings (SSSR count). The molecule has 0 radical (unpaired) electrons. The number of furan rings is 2. The summed E-state index contributed by atoms with van der Waals surface area (Å²) in [5.41, 5.74) is 9.89. The predicted octanol–water partition coefficient (Wildman–Crippen LogP) is 4.55. The summed E-state index contributed by atoms with van der Waals surface area (Å²) in [6, 6.07) is 9.92. The Bertz CT molecular complexity index is 832. The van der Waals surface area contributed by atoms with Gasteiger partial charge in [0.15, 0.2) is 11.5 Å². The maximum Gasteiger partial charge on any atom is 0.158 e. The smallest absolute Gasteiger partial charge is 0.158 e. The molecule has 3 aromatic rings. The number of rotatable bonds is 1. The molecule has 0 aliphatic carbocycles. The van der Waals surface area contributed by atoms with Crippen LogP contribution in [0.15, 0.2) is 56.6 Å². The van der Waals surface area contributed by atoms with E-state index < -0.39 is 10.2 Å². The minimum atomic E-state index is -1.22. The van der Waals surface area contributed by atoms with E-state index in [2.05, 4.69) is 29.4 Å². The van der Waals surface area contributed by atoms with E-state index in [4.69, 9.17) is 14.6 Å². The van der Waals surface area contributed by atoms with Gasteiger partial charge >= 0.3 is 0 Å². The Morgan fingerprint density at radius 2 is 1.62 bits per heavy atom. The van der Waals surface area contributed by atoms with Crippen LogP contribution in [-0.2, 0) is 0 Å². The number of hydrogen-bond acceptors (Lipinski definition) is 4. The van der Waals surface area contributed by atoms with Gasteiger partial charge in [0.25, 0.3) is 0 Å². The van der Waals surface area contributed by atoms with E-state index in [0.29, 0.717) is 5.69 Å². The van der Waals surface area contributed by atoms with Crippen molar-refractivity contribution in [1.29, 1.82) is 0 Å².